The normalized spacial score (nSPS) is 55.7. The second-order valence-corrected chi connectivity index (χ2v) is 15.7. The Balaban J connectivity index is 2.07. The lowest BCUT2D eigenvalue weighted by atomic mass is 9.45. The molecule has 3 atom stereocenters. The van der Waals surface area contributed by atoms with Gasteiger partial charge in [0.1, 0.15) is 0 Å². The second kappa shape index (κ2) is 3.34. The molecule has 3 unspecified atom stereocenters. The molecule has 0 nitrogen and oxygen atoms in total. The van der Waals surface area contributed by atoms with E-state index >= 15 is 0 Å². The topological polar surface area (TPSA) is 0 Å². The van der Waals surface area contributed by atoms with E-state index in [0.717, 1.165) is 11.8 Å². The molecule has 0 N–H and O–H groups in total. The lowest BCUT2D eigenvalue weighted by molar-refractivity contribution is -0.0815. The Morgan fingerprint density at radius 2 is 1.44 bits per heavy atom. The van der Waals surface area contributed by atoms with Gasteiger partial charge in [0.25, 0.3) is 0 Å². The maximum atomic E-state index is 6.48. The third kappa shape index (κ3) is 1.35. The number of halogens is 3. The molecule has 4 aliphatic carbocycles. The highest BCUT2D eigenvalue weighted by Crippen LogP contribution is 2.76. The third-order valence-corrected chi connectivity index (χ3v) is 11.8. The Hall–Kier alpha value is 1.09. The minimum Gasteiger partial charge on any atom is -0.125 e. The Labute approximate surface area is 113 Å². The standard InChI is InChI=1S/C12H19Cl3Si/c1-11-6-8-3-9(7-11)5-10(4-8)12(11,2)16(13,14)15/h8-10H,3-7H2,1-2H3. The third-order valence-electron chi connectivity index (χ3n) is 6.04. The molecule has 16 heavy (non-hydrogen) atoms. The molecule has 0 aromatic heterocycles. The minimum atomic E-state index is -2.64. The van der Waals surface area contributed by atoms with E-state index in [1.165, 1.54) is 32.1 Å². The van der Waals surface area contributed by atoms with Crippen LogP contribution < -0.4 is 0 Å². The van der Waals surface area contributed by atoms with Crippen LogP contribution in [0.15, 0.2) is 0 Å². The molecule has 0 heterocycles. The Bertz CT molecular complexity index is 311. The lowest BCUT2D eigenvalue weighted by Crippen LogP contribution is -2.59. The van der Waals surface area contributed by atoms with Gasteiger partial charge in [-0.2, -0.15) is 0 Å². The number of hydrogen-bond acceptors (Lipinski definition) is 0. The van der Waals surface area contributed by atoms with Crippen molar-refractivity contribution >= 4 is 39.2 Å². The van der Waals surface area contributed by atoms with Crippen LogP contribution in [0.5, 0.6) is 0 Å². The van der Waals surface area contributed by atoms with Crippen LogP contribution in [-0.2, 0) is 0 Å². The van der Waals surface area contributed by atoms with Crippen molar-refractivity contribution in [3.05, 3.63) is 0 Å². The second-order valence-electron chi connectivity index (χ2n) is 6.81. The lowest BCUT2D eigenvalue weighted by Gasteiger charge is -2.67. The van der Waals surface area contributed by atoms with Gasteiger partial charge in [-0.05, 0) is 55.3 Å². The quantitative estimate of drug-likeness (QED) is 0.458. The van der Waals surface area contributed by atoms with Gasteiger partial charge >= 0.3 is 6.00 Å². The van der Waals surface area contributed by atoms with Crippen LogP contribution in [0.3, 0.4) is 0 Å². The van der Waals surface area contributed by atoms with Crippen LogP contribution in [-0.4, -0.2) is 6.00 Å². The van der Waals surface area contributed by atoms with Gasteiger partial charge in [0.15, 0.2) is 0 Å². The molecule has 0 aromatic rings. The fourth-order valence-corrected chi connectivity index (χ4v) is 10.2. The fraction of sp³-hybridized carbons (Fsp3) is 1.00. The van der Waals surface area contributed by atoms with Gasteiger partial charge < -0.3 is 0 Å². The van der Waals surface area contributed by atoms with Crippen LogP contribution in [0.1, 0.15) is 46.0 Å². The van der Waals surface area contributed by atoms with E-state index in [1.54, 1.807) is 0 Å². The zero-order chi connectivity index (χ0) is 11.8. The first-order valence-electron chi connectivity index (χ1n) is 6.33. The van der Waals surface area contributed by atoms with Crippen molar-refractivity contribution in [3.8, 4) is 0 Å². The maximum absolute atomic E-state index is 6.48. The molecule has 0 aliphatic heterocycles. The van der Waals surface area contributed by atoms with E-state index in [1.807, 2.05) is 0 Å². The van der Waals surface area contributed by atoms with Gasteiger partial charge in [-0.15, -0.1) is 33.2 Å². The summed E-state index contributed by atoms with van der Waals surface area (Å²) in [4.78, 5) is 0. The molecule has 0 saturated heterocycles. The molecule has 0 aromatic carbocycles. The van der Waals surface area contributed by atoms with E-state index in [0.29, 0.717) is 11.3 Å². The largest absolute Gasteiger partial charge is 0.347 e. The van der Waals surface area contributed by atoms with Gasteiger partial charge in [-0.3, -0.25) is 0 Å². The van der Waals surface area contributed by atoms with E-state index in [4.69, 9.17) is 33.2 Å². The monoisotopic (exact) mass is 296 g/mol. The first-order chi connectivity index (χ1) is 7.26. The highest BCUT2D eigenvalue weighted by molar-refractivity contribution is 7.65. The highest BCUT2D eigenvalue weighted by Gasteiger charge is 2.68. The predicted octanol–water partition coefficient (Wildman–Crippen LogP) is 5.25. The van der Waals surface area contributed by atoms with E-state index in [-0.39, 0.29) is 5.04 Å². The maximum Gasteiger partial charge on any atom is 0.347 e. The van der Waals surface area contributed by atoms with Crippen LogP contribution in [0, 0.1) is 23.2 Å². The van der Waals surface area contributed by atoms with Crippen LogP contribution in [0.4, 0.5) is 0 Å². The van der Waals surface area contributed by atoms with Crippen LogP contribution >= 0.6 is 33.2 Å². The smallest absolute Gasteiger partial charge is 0.125 e. The molecule has 0 radical (unpaired) electrons. The molecule has 4 rings (SSSR count). The highest BCUT2D eigenvalue weighted by atomic mass is 35.8. The summed E-state index contributed by atoms with van der Waals surface area (Å²) in [7, 11) is 0. The fourth-order valence-electron chi connectivity index (χ4n) is 5.22. The van der Waals surface area contributed by atoms with E-state index in [9.17, 15) is 0 Å². The Morgan fingerprint density at radius 1 is 0.938 bits per heavy atom. The summed E-state index contributed by atoms with van der Waals surface area (Å²) in [5.41, 5.74) is 0.305. The number of hydrogen-bond donors (Lipinski definition) is 0. The zero-order valence-electron chi connectivity index (χ0n) is 9.90. The van der Waals surface area contributed by atoms with Gasteiger partial charge in [-0.1, -0.05) is 13.8 Å². The summed E-state index contributed by atoms with van der Waals surface area (Å²) in [5.74, 6) is 2.54. The van der Waals surface area contributed by atoms with Crippen molar-refractivity contribution in [1.82, 2.24) is 0 Å². The molecule has 4 heteroatoms. The average molecular weight is 298 g/mol. The van der Waals surface area contributed by atoms with Crippen molar-refractivity contribution in [3.63, 3.8) is 0 Å². The van der Waals surface area contributed by atoms with Crippen molar-refractivity contribution in [2.45, 2.75) is 51.0 Å². The summed E-state index contributed by atoms with van der Waals surface area (Å²) in [6, 6.07) is -2.64. The average Bonchev–Trinajstić information content (AvgIpc) is 2.10. The molecular formula is C12H19Cl3Si. The van der Waals surface area contributed by atoms with Crippen LogP contribution in [0.2, 0.25) is 5.04 Å². The van der Waals surface area contributed by atoms with Crippen molar-refractivity contribution in [1.29, 1.82) is 0 Å². The Kier molecular flexibility index (Phi) is 2.54. The van der Waals surface area contributed by atoms with Gasteiger partial charge in [0.05, 0.1) is 0 Å². The molecule has 0 spiro atoms. The van der Waals surface area contributed by atoms with E-state index in [2.05, 4.69) is 13.8 Å². The first kappa shape index (κ1) is 12.1. The van der Waals surface area contributed by atoms with Gasteiger partial charge in [0, 0.05) is 5.04 Å². The van der Waals surface area contributed by atoms with Gasteiger partial charge in [0.2, 0.25) is 0 Å². The molecule has 4 fully saturated rings. The van der Waals surface area contributed by atoms with Crippen molar-refractivity contribution in [2.75, 3.05) is 0 Å². The summed E-state index contributed by atoms with van der Waals surface area (Å²) < 4.78 is 0. The van der Waals surface area contributed by atoms with Crippen LogP contribution in [0.25, 0.3) is 0 Å². The van der Waals surface area contributed by atoms with Gasteiger partial charge in [-0.25, -0.2) is 0 Å². The SMILES string of the molecule is CC12CC3CC(CC(C3)C1(C)[Si](Cl)(Cl)Cl)C2. The minimum absolute atomic E-state index is 0.0120. The molecule has 4 aliphatic rings. The molecule has 0 amide bonds. The molecule has 4 saturated carbocycles. The molecular weight excluding hydrogens is 279 g/mol. The predicted molar refractivity (Wildman–Crippen MR) is 73.3 cm³/mol. The van der Waals surface area contributed by atoms with E-state index < -0.39 is 6.00 Å². The van der Waals surface area contributed by atoms with Crippen molar-refractivity contribution < 1.29 is 0 Å². The number of rotatable bonds is 1. The summed E-state index contributed by atoms with van der Waals surface area (Å²) >= 11 is 19.4. The Morgan fingerprint density at radius 3 is 1.81 bits per heavy atom. The molecule has 92 valence electrons. The summed E-state index contributed by atoms with van der Waals surface area (Å²) in [5, 5.41) is 0.0120. The zero-order valence-corrected chi connectivity index (χ0v) is 13.2. The summed E-state index contributed by atoms with van der Waals surface area (Å²) in [6.07, 6.45) is 6.70. The summed E-state index contributed by atoms with van der Waals surface area (Å²) in [6.45, 7) is 4.68. The first-order valence-corrected chi connectivity index (χ1v) is 11.4. The van der Waals surface area contributed by atoms with Crippen molar-refractivity contribution in [2.24, 2.45) is 23.2 Å². The molecule has 4 bridgehead atoms.